The number of hydrogen-bond donors (Lipinski definition) is 0. The normalized spacial score (nSPS) is 66.8. The molecule has 16 heavy (non-hydrogen) atoms. The zero-order valence-corrected chi connectivity index (χ0v) is 10.6. The van der Waals surface area contributed by atoms with Crippen LogP contribution in [0.25, 0.3) is 0 Å². The van der Waals surface area contributed by atoms with E-state index in [0.29, 0.717) is 16.7 Å². The van der Waals surface area contributed by atoms with Crippen LogP contribution < -0.4 is 0 Å². The fraction of sp³-hybridized carbons (Fsp3) is 0.933. The van der Waals surface area contributed by atoms with Gasteiger partial charge in [0.1, 0.15) is 6.29 Å². The Morgan fingerprint density at radius 1 is 1.31 bits per heavy atom. The molecule has 0 heterocycles. The average molecular weight is 218 g/mol. The lowest BCUT2D eigenvalue weighted by Crippen LogP contribution is -2.38. The molecule has 6 unspecified atom stereocenters. The SMILES string of the molecule is CC(C=O)C1CCC2(C)[C@H]3CC4C(C13)[C@@]42C. The fourth-order valence-corrected chi connectivity index (χ4v) is 6.66. The van der Waals surface area contributed by atoms with Crippen molar-refractivity contribution >= 4 is 6.29 Å². The molecule has 0 aromatic rings. The first-order valence-corrected chi connectivity index (χ1v) is 7.01. The third-order valence-electron chi connectivity index (χ3n) is 7.60. The van der Waals surface area contributed by atoms with Crippen molar-refractivity contribution in [2.24, 2.45) is 46.3 Å². The maximum absolute atomic E-state index is 11.1. The summed E-state index contributed by atoms with van der Waals surface area (Å²) < 4.78 is 0. The van der Waals surface area contributed by atoms with Crippen LogP contribution >= 0.6 is 0 Å². The molecule has 5 rings (SSSR count). The highest BCUT2D eigenvalue weighted by Gasteiger charge is 2.86. The van der Waals surface area contributed by atoms with E-state index < -0.39 is 0 Å². The van der Waals surface area contributed by atoms with E-state index in [1.54, 1.807) is 0 Å². The highest BCUT2D eigenvalue weighted by atomic mass is 16.1. The van der Waals surface area contributed by atoms with Gasteiger partial charge in [0.05, 0.1) is 0 Å². The van der Waals surface area contributed by atoms with Crippen molar-refractivity contribution in [1.29, 1.82) is 0 Å². The summed E-state index contributed by atoms with van der Waals surface area (Å²) in [7, 11) is 0. The molecule has 6 bridgehead atoms. The molecule has 0 spiro atoms. The minimum Gasteiger partial charge on any atom is -0.303 e. The van der Waals surface area contributed by atoms with E-state index in [-0.39, 0.29) is 0 Å². The molecule has 5 saturated carbocycles. The van der Waals surface area contributed by atoms with Crippen LogP contribution in [0.4, 0.5) is 0 Å². The Labute approximate surface area is 98.0 Å². The first-order valence-electron chi connectivity index (χ1n) is 7.01. The molecule has 0 aliphatic heterocycles. The van der Waals surface area contributed by atoms with Crippen molar-refractivity contribution in [2.75, 3.05) is 0 Å². The van der Waals surface area contributed by atoms with E-state index in [1.807, 2.05) is 0 Å². The Morgan fingerprint density at radius 3 is 2.69 bits per heavy atom. The fourth-order valence-electron chi connectivity index (χ4n) is 6.66. The summed E-state index contributed by atoms with van der Waals surface area (Å²) in [6.07, 6.45) is 5.41. The minimum atomic E-state index is 0.304. The third-order valence-corrected chi connectivity index (χ3v) is 7.60. The van der Waals surface area contributed by atoms with Gasteiger partial charge in [0.2, 0.25) is 0 Å². The smallest absolute Gasteiger partial charge is 0.123 e. The topological polar surface area (TPSA) is 17.1 Å². The molecule has 5 aliphatic rings. The number of carbonyl (C=O) groups excluding carboxylic acids is 1. The lowest BCUT2D eigenvalue weighted by Gasteiger charge is -2.43. The van der Waals surface area contributed by atoms with Crippen LogP contribution in [-0.2, 0) is 4.79 Å². The molecule has 0 amide bonds. The number of aldehydes is 1. The van der Waals surface area contributed by atoms with Crippen LogP contribution in [0.3, 0.4) is 0 Å². The van der Waals surface area contributed by atoms with Gasteiger partial charge >= 0.3 is 0 Å². The van der Waals surface area contributed by atoms with Crippen molar-refractivity contribution in [3.05, 3.63) is 0 Å². The summed E-state index contributed by atoms with van der Waals surface area (Å²) >= 11 is 0. The number of hydrogen-bond acceptors (Lipinski definition) is 1. The predicted molar refractivity (Wildman–Crippen MR) is 62.7 cm³/mol. The lowest BCUT2D eigenvalue weighted by atomic mass is 9.61. The predicted octanol–water partition coefficient (Wildman–Crippen LogP) is 3.14. The average Bonchev–Trinajstić information content (AvgIpc) is 2.58. The number of rotatable bonds is 2. The molecule has 8 atom stereocenters. The Bertz CT molecular complexity index is 376. The quantitative estimate of drug-likeness (QED) is 0.651. The number of carbonyl (C=O) groups is 1. The van der Waals surface area contributed by atoms with Gasteiger partial charge < -0.3 is 4.79 Å². The Balaban J connectivity index is 1.76. The largest absolute Gasteiger partial charge is 0.303 e. The van der Waals surface area contributed by atoms with E-state index >= 15 is 0 Å². The zero-order valence-electron chi connectivity index (χ0n) is 10.6. The van der Waals surface area contributed by atoms with Crippen LogP contribution in [0.15, 0.2) is 0 Å². The van der Waals surface area contributed by atoms with Gasteiger partial charge in [-0.15, -0.1) is 0 Å². The Morgan fingerprint density at radius 2 is 2.06 bits per heavy atom. The molecule has 1 nitrogen and oxygen atoms in total. The summed E-state index contributed by atoms with van der Waals surface area (Å²) in [5.74, 6) is 4.93. The second kappa shape index (κ2) is 2.42. The first kappa shape index (κ1) is 9.67. The van der Waals surface area contributed by atoms with E-state index in [2.05, 4.69) is 20.8 Å². The van der Waals surface area contributed by atoms with Gasteiger partial charge in [-0.05, 0) is 59.7 Å². The lowest BCUT2D eigenvalue weighted by molar-refractivity contribution is -0.113. The van der Waals surface area contributed by atoms with Gasteiger partial charge in [-0.2, -0.15) is 0 Å². The summed E-state index contributed by atoms with van der Waals surface area (Å²) in [6.45, 7) is 7.26. The van der Waals surface area contributed by atoms with Crippen LogP contribution in [0.2, 0.25) is 0 Å². The van der Waals surface area contributed by atoms with E-state index in [0.717, 1.165) is 29.6 Å². The Hall–Kier alpha value is -0.330. The molecule has 1 heteroatoms. The molecule has 0 radical (unpaired) electrons. The van der Waals surface area contributed by atoms with Crippen molar-refractivity contribution in [3.63, 3.8) is 0 Å². The summed E-state index contributed by atoms with van der Waals surface area (Å²) in [5, 5.41) is 0. The molecule has 5 fully saturated rings. The maximum Gasteiger partial charge on any atom is 0.123 e. The first-order chi connectivity index (χ1) is 7.55. The molecule has 0 saturated heterocycles. The van der Waals surface area contributed by atoms with Crippen LogP contribution in [0, 0.1) is 46.3 Å². The molecular formula is C15H22O. The summed E-state index contributed by atoms with van der Waals surface area (Å²) in [6, 6.07) is 0. The Kier molecular flexibility index (Phi) is 1.46. The zero-order chi connectivity index (χ0) is 11.3. The van der Waals surface area contributed by atoms with Crippen molar-refractivity contribution in [2.45, 2.75) is 40.0 Å². The molecule has 88 valence electrons. The van der Waals surface area contributed by atoms with E-state index in [4.69, 9.17) is 0 Å². The summed E-state index contributed by atoms with van der Waals surface area (Å²) in [5.41, 5.74) is 1.33. The van der Waals surface area contributed by atoms with Gasteiger partial charge in [-0.25, -0.2) is 0 Å². The van der Waals surface area contributed by atoms with Crippen molar-refractivity contribution < 1.29 is 4.79 Å². The monoisotopic (exact) mass is 218 g/mol. The molecule has 0 N–H and O–H groups in total. The highest BCUT2D eigenvalue weighted by molar-refractivity contribution is 5.54. The van der Waals surface area contributed by atoms with E-state index in [9.17, 15) is 4.79 Å². The van der Waals surface area contributed by atoms with Crippen LogP contribution in [0.1, 0.15) is 40.0 Å². The van der Waals surface area contributed by atoms with Crippen molar-refractivity contribution in [3.8, 4) is 0 Å². The van der Waals surface area contributed by atoms with Gasteiger partial charge in [0, 0.05) is 5.92 Å². The maximum atomic E-state index is 11.1. The summed E-state index contributed by atoms with van der Waals surface area (Å²) in [4.78, 5) is 11.1. The minimum absolute atomic E-state index is 0.304. The van der Waals surface area contributed by atoms with Gasteiger partial charge in [0.25, 0.3) is 0 Å². The van der Waals surface area contributed by atoms with Crippen molar-refractivity contribution in [1.82, 2.24) is 0 Å². The van der Waals surface area contributed by atoms with Gasteiger partial charge in [-0.1, -0.05) is 20.8 Å². The van der Waals surface area contributed by atoms with Crippen LogP contribution in [-0.4, -0.2) is 6.29 Å². The van der Waals surface area contributed by atoms with E-state index in [1.165, 1.54) is 25.5 Å². The van der Waals surface area contributed by atoms with Crippen LogP contribution in [0.5, 0.6) is 0 Å². The molecule has 5 aliphatic carbocycles. The second-order valence-corrected chi connectivity index (χ2v) is 7.45. The highest BCUT2D eigenvalue weighted by Crippen LogP contribution is 2.91. The van der Waals surface area contributed by atoms with Gasteiger partial charge in [0.15, 0.2) is 0 Å². The third kappa shape index (κ3) is 0.683. The second-order valence-electron chi connectivity index (χ2n) is 7.45. The van der Waals surface area contributed by atoms with Gasteiger partial charge in [-0.3, -0.25) is 0 Å². The molecule has 0 aromatic carbocycles. The standard InChI is InChI=1S/C15H22O/c1-8(7-16)9-4-5-14(2)10-6-11-13(12(9)10)15(11,14)3/h7-13H,4-6H2,1-3H3/t8?,9?,10-,11?,12?,13?,14?,15+/m0/s1. The molecule has 0 aromatic heterocycles. The molecular weight excluding hydrogens is 196 g/mol.